The van der Waals surface area contributed by atoms with E-state index in [1.54, 1.807) is 18.9 Å². The van der Waals surface area contributed by atoms with Crippen LogP contribution in [0.2, 0.25) is 0 Å². The van der Waals surface area contributed by atoms with Gasteiger partial charge in [0.05, 0.1) is 25.6 Å². The molecule has 1 rings (SSSR count). The highest BCUT2D eigenvalue weighted by Gasteiger charge is 2.31. The number of rotatable bonds is 6. The number of hydrogen-bond acceptors (Lipinski definition) is 5. The van der Waals surface area contributed by atoms with Gasteiger partial charge in [-0.3, -0.25) is 14.5 Å². The molecule has 6 heteroatoms. The van der Waals surface area contributed by atoms with Crippen molar-refractivity contribution in [1.82, 2.24) is 9.80 Å². The minimum atomic E-state index is -0.308. The predicted octanol–water partition coefficient (Wildman–Crippen LogP) is 0.776. The van der Waals surface area contributed by atoms with Crippen molar-refractivity contribution in [2.45, 2.75) is 38.6 Å². The number of hydrogen-bond donors (Lipinski definition) is 0. The summed E-state index contributed by atoms with van der Waals surface area (Å²) in [6.07, 6.45) is 3.04. The van der Waals surface area contributed by atoms with E-state index in [0.29, 0.717) is 19.6 Å². The highest BCUT2D eigenvalue weighted by Crippen LogP contribution is 2.18. The first-order valence-corrected chi connectivity index (χ1v) is 7.11. The van der Waals surface area contributed by atoms with Crippen molar-refractivity contribution in [2.75, 3.05) is 33.3 Å². The number of piperidine rings is 1. The monoisotopic (exact) mass is 281 g/mol. The van der Waals surface area contributed by atoms with Gasteiger partial charge in [0.1, 0.15) is 6.04 Å². The average Bonchev–Trinajstić information content (AvgIpc) is 2.45. The van der Waals surface area contributed by atoms with Gasteiger partial charge in [-0.1, -0.05) is 6.42 Å². The SMILES string of the molecule is CCOC(=O)[C@H]1CCCCN1CC(=O)N(C)CCC#N. The number of nitrogens with zero attached hydrogens (tertiary/aromatic N) is 3. The van der Waals surface area contributed by atoms with E-state index in [4.69, 9.17) is 10.00 Å². The van der Waals surface area contributed by atoms with Crippen molar-refractivity contribution < 1.29 is 14.3 Å². The van der Waals surface area contributed by atoms with Crippen LogP contribution in [0, 0.1) is 11.3 Å². The number of amides is 1. The van der Waals surface area contributed by atoms with Gasteiger partial charge in [-0.2, -0.15) is 5.26 Å². The van der Waals surface area contributed by atoms with E-state index < -0.39 is 0 Å². The van der Waals surface area contributed by atoms with Gasteiger partial charge in [0.25, 0.3) is 0 Å². The molecule has 6 nitrogen and oxygen atoms in total. The molecule has 0 aliphatic carbocycles. The molecule has 112 valence electrons. The van der Waals surface area contributed by atoms with E-state index >= 15 is 0 Å². The average molecular weight is 281 g/mol. The van der Waals surface area contributed by atoms with E-state index in [1.807, 2.05) is 11.0 Å². The maximum absolute atomic E-state index is 12.1. The number of likely N-dealkylation sites (tertiary alicyclic amines) is 1. The van der Waals surface area contributed by atoms with Gasteiger partial charge in [0, 0.05) is 13.6 Å². The van der Waals surface area contributed by atoms with Crippen LogP contribution in [0.15, 0.2) is 0 Å². The van der Waals surface area contributed by atoms with Gasteiger partial charge in [-0.25, -0.2) is 0 Å². The van der Waals surface area contributed by atoms with Gasteiger partial charge in [-0.05, 0) is 26.3 Å². The van der Waals surface area contributed by atoms with Gasteiger partial charge in [0.2, 0.25) is 5.91 Å². The fraction of sp³-hybridized carbons (Fsp3) is 0.786. The van der Waals surface area contributed by atoms with Crippen LogP contribution in [0.5, 0.6) is 0 Å². The third-order valence-electron chi connectivity index (χ3n) is 3.50. The van der Waals surface area contributed by atoms with Gasteiger partial charge < -0.3 is 9.64 Å². The predicted molar refractivity (Wildman–Crippen MR) is 73.7 cm³/mol. The molecule has 1 amide bonds. The molecule has 1 fully saturated rings. The van der Waals surface area contributed by atoms with Gasteiger partial charge in [0.15, 0.2) is 0 Å². The summed E-state index contributed by atoms with van der Waals surface area (Å²) in [5, 5.41) is 8.53. The Morgan fingerprint density at radius 1 is 1.45 bits per heavy atom. The Labute approximate surface area is 120 Å². The Morgan fingerprint density at radius 3 is 2.85 bits per heavy atom. The summed E-state index contributed by atoms with van der Waals surface area (Å²) in [4.78, 5) is 27.4. The summed E-state index contributed by atoms with van der Waals surface area (Å²) in [6.45, 7) is 3.52. The summed E-state index contributed by atoms with van der Waals surface area (Å²) >= 11 is 0. The fourth-order valence-corrected chi connectivity index (χ4v) is 2.32. The Balaban J connectivity index is 2.56. The molecular weight excluding hydrogens is 258 g/mol. The number of carbonyl (C=O) groups excluding carboxylic acids is 2. The van der Waals surface area contributed by atoms with Crippen molar-refractivity contribution in [1.29, 1.82) is 5.26 Å². The molecule has 0 aromatic heterocycles. The number of carbonyl (C=O) groups is 2. The lowest BCUT2D eigenvalue weighted by atomic mass is 10.0. The summed E-state index contributed by atoms with van der Waals surface area (Å²) in [5.41, 5.74) is 0. The van der Waals surface area contributed by atoms with E-state index in [-0.39, 0.29) is 24.5 Å². The molecule has 1 aliphatic heterocycles. The van der Waals surface area contributed by atoms with Crippen molar-refractivity contribution >= 4 is 11.9 Å². The lowest BCUT2D eigenvalue weighted by Crippen LogP contribution is -2.49. The van der Waals surface area contributed by atoms with Crippen molar-refractivity contribution in [3.05, 3.63) is 0 Å². The maximum Gasteiger partial charge on any atom is 0.323 e. The first kappa shape index (κ1) is 16.4. The van der Waals surface area contributed by atoms with Gasteiger partial charge >= 0.3 is 5.97 Å². The molecule has 0 aromatic rings. The Hall–Kier alpha value is -1.61. The van der Waals surface area contributed by atoms with Crippen LogP contribution in [-0.4, -0.2) is 61.0 Å². The highest BCUT2D eigenvalue weighted by molar-refractivity contribution is 5.80. The van der Waals surface area contributed by atoms with Crippen LogP contribution in [0.25, 0.3) is 0 Å². The first-order chi connectivity index (χ1) is 9.60. The number of likely N-dealkylation sites (N-methyl/N-ethyl adjacent to an activating group) is 1. The summed E-state index contributed by atoms with van der Waals surface area (Å²) in [5.74, 6) is -0.295. The third-order valence-corrected chi connectivity index (χ3v) is 3.50. The van der Waals surface area contributed by atoms with Gasteiger partial charge in [-0.15, -0.1) is 0 Å². The molecule has 1 saturated heterocycles. The Bertz CT molecular complexity index is 378. The molecule has 1 atom stereocenters. The van der Waals surface area contributed by atoms with E-state index in [2.05, 4.69) is 0 Å². The smallest absolute Gasteiger partial charge is 0.323 e. The molecular formula is C14H23N3O3. The van der Waals surface area contributed by atoms with Crippen molar-refractivity contribution in [3.8, 4) is 6.07 Å². The molecule has 0 saturated carbocycles. The van der Waals surface area contributed by atoms with Crippen molar-refractivity contribution in [2.24, 2.45) is 0 Å². The van der Waals surface area contributed by atoms with Crippen LogP contribution in [0.3, 0.4) is 0 Å². The van der Waals surface area contributed by atoms with Crippen LogP contribution in [0.1, 0.15) is 32.6 Å². The summed E-state index contributed by atoms with van der Waals surface area (Å²) in [6, 6.07) is 1.71. The molecule has 0 N–H and O–H groups in total. The molecule has 0 aromatic carbocycles. The number of ether oxygens (including phenoxy) is 1. The normalized spacial score (nSPS) is 19.1. The molecule has 20 heavy (non-hydrogen) atoms. The summed E-state index contributed by atoms with van der Waals surface area (Å²) in [7, 11) is 1.68. The molecule has 1 heterocycles. The number of esters is 1. The fourth-order valence-electron chi connectivity index (χ4n) is 2.32. The minimum absolute atomic E-state index is 0.0588. The second kappa shape index (κ2) is 8.54. The van der Waals surface area contributed by atoms with Crippen LogP contribution >= 0.6 is 0 Å². The lowest BCUT2D eigenvalue weighted by molar-refractivity contribution is -0.151. The largest absolute Gasteiger partial charge is 0.465 e. The highest BCUT2D eigenvalue weighted by atomic mass is 16.5. The number of nitriles is 1. The standard InChI is InChI=1S/C14H23N3O3/c1-3-20-14(19)12-7-4-5-10-17(12)11-13(18)16(2)9-6-8-15/h12H,3-7,9-11H2,1-2H3/t12-/m1/s1. The quantitative estimate of drug-likeness (QED) is 0.673. The Kier molecular flexibility index (Phi) is 7.02. The first-order valence-electron chi connectivity index (χ1n) is 7.11. The molecule has 0 unspecified atom stereocenters. The minimum Gasteiger partial charge on any atom is -0.465 e. The zero-order valence-corrected chi connectivity index (χ0v) is 12.3. The molecule has 0 spiro atoms. The molecule has 0 bridgehead atoms. The van der Waals surface area contributed by atoms with Crippen LogP contribution in [-0.2, 0) is 14.3 Å². The van der Waals surface area contributed by atoms with Crippen LogP contribution < -0.4 is 0 Å². The second-order valence-corrected chi connectivity index (χ2v) is 4.96. The summed E-state index contributed by atoms with van der Waals surface area (Å²) < 4.78 is 5.07. The third kappa shape index (κ3) is 4.82. The maximum atomic E-state index is 12.1. The second-order valence-electron chi connectivity index (χ2n) is 4.96. The van der Waals surface area contributed by atoms with Crippen LogP contribution in [0.4, 0.5) is 0 Å². The lowest BCUT2D eigenvalue weighted by Gasteiger charge is -2.34. The van der Waals surface area contributed by atoms with E-state index in [9.17, 15) is 9.59 Å². The molecule has 0 radical (unpaired) electrons. The van der Waals surface area contributed by atoms with Crippen molar-refractivity contribution in [3.63, 3.8) is 0 Å². The molecule has 1 aliphatic rings. The zero-order valence-electron chi connectivity index (χ0n) is 12.3. The van der Waals surface area contributed by atoms with E-state index in [1.165, 1.54) is 0 Å². The zero-order chi connectivity index (χ0) is 15.0. The Morgan fingerprint density at radius 2 is 2.20 bits per heavy atom. The van der Waals surface area contributed by atoms with E-state index in [0.717, 1.165) is 25.8 Å². The topological polar surface area (TPSA) is 73.6 Å².